The molecule has 0 unspecified atom stereocenters. The number of imidazole rings is 1. The van der Waals surface area contributed by atoms with Crippen LogP contribution in [0, 0.1) is 0 Å². The lowest BCUT2D eigenvalue weighted by atomic mass is 10.1. The zero-order valence-corrected chi connectivity index (χ0v) is 11.1. The Morgan fingerprint density at radius 3 is 2.60 bits per heavy atom. The summed E-state index contributed by atoms with van der Waals surface area (Å²) in [6.07, 6.45) is 0. The van der Waals surface area contributed by atoms with Crippen LogP contribution in [0.2, 0.25) is 0 Å². The van der Waals surface area contributed by atoms with E-state index in [1.807, 2.05) is 18.2 Å². The van der Waals surface area contributed by atoms with Gasteiger partial charge in [0.2, 0.25) is 0 Å². The molecule has 2 heterocycles. The van der Waals surface area contributed by atoms with Gasteiger partial charge in [0.1, 0.15) is 5.82 Å². The summed E-state index contributed by atoms with van der Waals surface area (Å²) in [4.78, 5) is 10.4. The van der Waals surface area contributed by atoms with Crippen molar-refractivity contribution in [3.05, 3.63) is 59.4 Å². The number of H-pyrrole nitrogens is 1. The third-order valence-corrected chi connectivity index (χ3v) is 3.83. The highest BCUT2D eigenvalue weighted by atomic mass is 15.2. The van der Waals surface area contributed by atoms with Crippen LogP contribution in [-0.4, -0.2) is 14.9 Å². The highest BCUT2D eigenvalue weighted by Crippen LogP contribution is 2.24. The largest absolute Gasteiger partial charge is 0.399 e. The Morgan fingerprint density at radius 2 is 1.85 bits per heavy atom. The standard InChI is InChI=1S/C16H16N4/c17-13-5-6-14-15(7-13)19-16(18-14)10-20-8-11-3-1-2-4-12(11)9-20/h1-7H,8-10,17H2,(H,18,19). The maximum atomic E-state index is 5.80. The SMILES string of the molecule is Nc1ccc2nc(CN3Cc4ccccc4C3)[nH]c2c1. The Kier molecular flexibility index (Phi) is 2.50. The van der Waals surface area contributed by atoms with E-state index < -0.39 is 0 Å². The minimum atomic E-state index is 0.765. The van der Waals surface area contributed by atoms with Crippen molar-refractivity contribution in [2.45, 2.75) is 19.6 Å². The van der Waals surface area contributed by atoms with Crippen molar-refractivity contribution in [3.8, 4) is 0 Å². The van der Waals surface area contributed by atoms with Crippen LogP contribution in [0.1, 0.15) is 17.0 Å². The number of rotatable bonds is 2. The normalized spacial score (nSPS) is 14.8. The number of aromatic amines is 1. The molecule has 0 radical (unpaired) electrons. The molecule has 1 aliphatic heterocycles. The van der Waals surface area contributed by atoms with Gasteiger partial charge in [-0.3, -0.25) is 4.90 Å². The maximum Gasteiger partial charge on any atom is 0.121 e. The molecule has 4 nitrogen and oxygen atoms in total. The van der Waals surface area contributed by atoms with Gasteiger partial charge >= 0.3 is 0 Å². The predicted molar refractivity (Wildman–Crippen MR) is 79.9 cm³/mol. The van der Waals surface area contributed by atoms with Gasteiger partial charge in [-0.15, -0.1) is 0 Å². The molecule has 2 aromatic carbocycles. The second-order valence-corrected chi connectivity index (χ2v) is 5.37. The smallest absolute Gasteiger partial charge is 0.121 e. The fourth-order valence-corrected chi connectivity index (χ4v) is 2.88. The molecule has 0 fully saturated rings. The molecule has 3 aromatic rings. The summed E-state index contributed by atoms with van der Waals surface area (Å²) in [5.74, 6) is 0.999. The number of nitrogens with two attached hydrogens (primary N) is 1. The van der Waals surface area contributed by atoms with Crippen LogP contribution in [0.25, 0.3) is 11.0 Å². The minimum Gasteiger partial charge on any atom is -0.399 e. The van der Waals surface area contributed by atoms with Crippen LogP contribution < -0.4 is 5.73 Å². The van der Waals surface area contributed by atoms with Crippen LogP contribution >= 0.6 is 0 Å². The van der Waals surface area contributed by atoms with Gasteiger partial charge in [0, 0.05) is 18.8 Å². The van der Waals surface area contributed by atoms with Crippen molar-refractivity contribution in [1.29, 1.82) is 0 Å². The summed E-state index contributed by atoms with van der Waals surface area (Å²) < 4.78 is 0. The molecule has 3 N–H and O–H groups in total. The number of hydrogen-bond donors (Lipinski definition) is 2. The van der Waals surface area contributed by atoms with Crippen LogP contribution in [0.4, 0.5) is 5.69 Å². The average Bonchev–Trinajstić information content (AvgIpc) is 3.00. The Morgan fingerprint density at radius 1 is 1.10 bits per heavy atom. The van der Waals surface area contributed by atoms with Crippen molar-refractivity contribution >= 4 is 16.7 Å². The summed E-state index contributed by atoms with van der Waals surface area (Å²) in [6, 6.07) is 14.4. The molecule has 4 rings (SSSR count). The molecule has 1 aromatic heterocycles. The quantitative estimate of drug-likeness (QED) is 0.700. The molecule has 0 bridgehead atoms. The first-order valence-electron chi connectivity index (χ1n) is 6.81. The lowest BCUT2D eigenvalue weighted by Gasteiger charge is -2.12. The number of aromatic nitrogens is 2. The van der Waals surface area contributed by atoms with Crippen molar-refractivity contribution in [2.75, 3.05) is 5.73 Å². The molecule has 1 aliphatic rings. The van der Waals surface area contributed by atoms with Crippen molar-refractivity contribution in [1.82, 2.24) is 14.9 Å². The fourth-order valence-electron chi connectivity index (χ4n) is 2.88. The summed E-state index contributed by atoms with van der Waals surface area (Å²) in [7, 11) is 0. The Hall–Kier alpha value is -2.33. The number of nitrogens with zero attached hydrogens (tertiary/aromatic N) is 2. The van der Waals surface area contributed by atoms with Crippen LogP contribution in [0.15, 0.2) is 42.5 Å². The van der Waals surface area contributed by atoms with Gasteiger partial charge in [0.15, 0.2) is 0 Å². The van der Waals surface area contributed by atoms with E-state index >= 15 is 0 Å². The maximum absolute atomic E-state index is 5.80. The van der Waals surface area contributed by atoms with Crippen LogP contribution in [0.3, 0.4) is 0 Å². The summed E-state index contributed by atoms with van der Waals surface area (Å²) in [6.45, 7) is 2.83. The van der Waals surface area contributed by atoms with Gasteiger partial charge < -0.3 is 10.7 Å². The van der Waals surface area contributed by atoms with Crippen LogP contribution in [0.5, 0.6) is 0 Å². The molecular formula is C16H16N4. The van der Waals surface area contributed by atoms with Crippen molar-refractivity contribution < 1.29 is 0 Å². The third-order valence-electron chi connectivity index (χ3n) is 3.83. The van der Waals surface area contributed by atoms with E-state index in [-0.39, 0.29) is 0 Å². The fraction of sp³-hybridized carbons (Fsp3) is 0.188. The zero-order valence-electron chi connectivity index (χ0n) is 11.1. The van der Waals surface area contributed by atoms with E-state index in [9.17, 15) is 0 Å². The first-order chi connectivity index (χ1) is 9.78. The number of benzene rings is 2. The molecular weight excluding hydrogens is 248 g/mol. The monoisotopic (exact) mass is 264 g/mol. The van der Waals surface area contributed by atoms with E-state index in [0.717, 1.165) is 42.2 Å². The summed E-state index contributed by atoms with van der Waals surface area (Å²) in [5.41, 5.74) is 11.4. The van der Waals surface area contributed by atoms with E-state index in [2.05, 4.69) is 39.1 Å². The van der Waals surface area contributed by atoms with E-state index in [1.54, 1.807) is 0 Å². The van der Waals surface area contributed by atoms with E-state index in [4.69, 9.17) is 5.73 Å². The number of hydrogen-bond acceptors (Lipinski definition) is 3. The minimum absolute atomic E-state index is 0.765. The molecule has 0 saturated heterocycles. The molecule has 0 spiro atoms. The number of nitrogen functional groups attached to an aromatic ring is 1. The highest BCUT2D eigenvalue weighted by molar-refractivity contribution is 5.78. The lowest BCUT2D eigenvalue weighted by molar-refractivity contribution is 0.269. The number of nitrogens with one attached hydrogen (secondary N) is 1. The molecule has 0 atom stereocenters. The first kappa shape index (κ1) is 11.5. The molecule has 20 heavy (non-hydrogen) atoms. The first-order valence-corrected chi connectivity index (χ1v) is 6.81. The molecule has 0 saturated carbocycles. The second-order valence-electron chi connectivity index (χ2n) is 5.37. The number of anilines is 1. The Balaban J connectivity index is 1.57. The molecule has 0 amide bonds. The molecule has 0 aliphatic carbocycles. The van der Waals surface area contributed by atoms with Gasteiger partial charge in [-0.25, -0.2) is 4.98 Å². The van der Waals surface area contributed by atoms with E-state index in [1.165, 1.54) is 11.1 Å². The molecule has 4 heteroatoms. The van der Waals surface area contributed by atoms with Gasteiger partial charge in [-0.05, 0) is 29.3 Å². The second kappa shape index (κ2) is 4.35. The number of fused-ring (bicyclic) bond motifs is 2. The van der Waals surface area contributed by atoms with E-state index in [0.29, 0.717) is 0 Å². The highest BCUT2D eigenvalue weighted by Gasteiger charge is 2.19. The van der Waals surface area contributed by atoms with Crippen molar-refractivity contribution in [3.63, 3.8) is 0 Å². The Labute approximate surface area is 117 Å². The zero-order chi connectivity index (χ0) is 13.5. The molecule has 100 valence electrons. The van der Waals surface area contributed by atoms with Gasteiger partial charge in [0.25, 0.3) is 0 Å². The van der Waals surface area contributed by atoms with Gasteiger partial charge in [0.05, 0.1) is 17.6 Å². The van der Waals surface area contributed by atoms with Gasteiger partial charge in [-0.2, -0.15) is 0 Å². The topological polar surface area (TPSA) is 57.9 Å². The third kappa shape index (κ3) is 1.94. The summed E-state index contributed by atoms with van der Waals surface area (Å²) in [5, 5.41) is 0. The summed E-state index contributed by atoms with van der Waals surface area (Å²) >= 11 is 0. The van der Waals surface area contributed by atoms with Crippen LogP contribution in [-0.2, 0) is 19.6 Å². The van der Waals surface area contributed by atoms with Crippen molar-refractivity contribution in [2.24, 2.45) is 0 Å². The Bertz CT molecular complexity index is 750. The predicted octanol–water partition coefficient (Wildman–Crippen LogP) is 2.66. The lowest BCUT2D eigenvalue weighted by Crippen LogP contribution is -2.16. The van der Waals surface area contributed by atoms with Gasteiger partial charge in [-0.1, -0.05) is 24.3 Å². The average molecular weight is 264 g/mol.